The number of rotatable bonds is 4. The summed E-state index contributed by atoms with van der Waals surface area (Å²) in [6.07, 6.45) is -0.318. The smallest absolute Gasteiger partial charge is 0.414 e. The van der Waals surface area contributed by atoms with E-state index in [-0.39, 0.29) is 12.1 Å². The summed E-state index contributed by atoms with van der Waals surface area (Å²) in [4.78, 5) is 27.4. The number of benzene rings is 1. The maximum atomic E-state index is 12.3. The molecule has 1 aromatic carbocycles. The first-order valence-corrected chi connectivity index (χ1v) is 8.30. The van der Waals surface area contributed by atoms with Gasteiger partial charge in [0.2, 0.25) is 0 Å². The third-order valence-electron chi connectivity index (χ3n) is 3.56. The Bertz CT molecular complexity index is 620. The van der Waals surface area contributed by atoms with Gasteiger partial charge in [0.15, 0.2) is 0 Å². The van der Waals surface area contributed by atoms with E-state index < -0.39 is 6.09 Å². The number of carbonyl (C=O) groups excluding carboxylic acids is 2. The van der Waals surface area contributed by atoms with E-state index in [1.54, 1.807) is 28.9 Å². The van der Waals surface area contributed by atoms with E-state index in [0.29, 0.717) is 37.6 Å². The molecule has 1 aromatic rings. The predicted molar refractivity (Wildman–Crippen MR) is 95.7 cm³/mol. The Morgan fingerprint density at radius 1 is 1.08 bits per heavy atom. The molecule has 136 valence electrons. The molecular formula is C18H25N3O4. The minimum atomic E-state index is -0.423. The molecule has 0 unspecified atom stereocenters. The van der Waals surface area contributed by atoms with Crippen molar-refractivity contribution in [3.63, 3.8) is 0 Å². The average molecular weight is 347 g/mol. The number of piperazine rings is 1. The maximum absolute atomic E-state index is 12.3. The molecule has 7 heteroatoms. The van der Waals surface area contributed by atoms with Gasteiger partial charge >= 0.3 is 12.1 Å². The number of nitrogens with zero attached hydrogens (tertiary/aromatic N) is 2. The van der Waals surface area contributed by atoms with Crippen LogP contribution in [0.1, 0.15) is 20.8 Å². The van der Waals surface area contributed by atoms with Gasteiger partial charge in [0, 0.05) is 31.9 Å². The summed E-state index contributed by atoms with van der Waals surface area (Å²) < 4.78 is 10.6. The van der Waals surface area contributed by atoms with Gasteiger partial charge < -0.3 is 24.6 Å². The second-order valence-electron chi connectivity index (χ2n) is 6.17. The predicted octanol–water partition coefficient (Wildman–Crippen LogP) is 3.29. The molecule has 1 N–H and O–H groups in total. The summed E-state index contributed by atoms with van der Waals surface area (Å²) in [6, 6.07) is 7.06. The van der Waals surface area contributed by atoms with Gasteiger partial charge in [-0.05, 0) is 45.0 Å². The lowest BCUT2D eigenvalue weighted by molar-refractivity contribution is 0.103. The van der Waals surface area contributed by atoms with E-state index in [0.717, 1.165) is 5.75 Å². The maximum Gasteiger partial charge on any atom is 0.414 e. The van der Waals surface area contributed by atoms with Gasteiger partial charge in [-0.2, -0.15) is 0 Å². The molecule has 1 heterocycles. The van der Waals surface area contributed by atoms with Crippen molar-refractivity contribution >= 4 is 17.8 Å². The van der Waals surface area contributed by atoms with Crippen LogP contribution in [0.15, 0.2) is 36.6 Å². The Kier molecular flexibility index (Phi) is 6.27. The average Bonchev–Trinajstić information content (AvgIpc) is 2.55. The Morgan fingerprint density at radius 2 is 1.64 bits per heavy atom. The number of hydrogen-bond acceptors (Lipinski definition) is 4. The highest BCUT2D eigenvalue weighted by atomic mass is 16.6. The molecule has 0 atom stereocenters. The molecule has 7 nitrogen and oxygen atoms in total. The Balaban J connectivity index is 1.82. The number of allylic oxidation sites excluding steroid dienone is 1. The molecule has 1 aliphatic heterocycles. The largest absolute Gasteiger partial charge is 0.491 e. The molecule has 3 amide bonds. The van der Waals surface area contributed by atoms with Crippen molar-refractivity contribution in [3.8, 4) is 5.75 Å². The third kappa shape index (κ3) is 5.70. The first kappa shape index (κ1) is 18.6. The van der Waals surface area contributed by atoms with E-state index in [1.807, 2.05) is 26.0 Å². The van der Waals surface area contributed by atoms with E-state index in [2.05, 4.69) is 11.9 Å². The van der Waals surface area contributed by atoms with Crippen LogP contribution in [0.3, 0.4) is 0 Å². The van der Waals surface area contributed by atoms with Gasteiger partial charge in [-0.25, -0.2) is 9.59 Å². The molecule has 0 saturated carbocycles. The zero-order valence-corrected chi connectivity index (χ0v) is 14.9. The summed E-state index contributed by atoms with van der Waals surface area (Å²) in [5.41, 5.74) is 0.699. The van der Waals surface area contributed by atoms with Crippen LogP contribution in [0, 0.1) is 0 Å². The van der Waals surface area contributed by atoms with Crippen molar-refractivity contribution < 1.29 is 19.1 Å². The van der Waals surface area contributed by atoms with Crippen LogP contribution < -0.4 is 10.1 Å². The van der Waals surface area contributed by atoms with E-state index in [9.17, 15) is 9.59 Å². The SMILES string of the molecule is C=C(C)OC(=O)N1CCN(C(=O)Nc2ccc(OC(C)C)cc2)CC1. The number of amides is 3. The van der Waals surface area contributed by atoms with Gasteiger partial charge in [-0.15, -0.1) is 0 Å². The summed E-state index contributed by atoms with van der Waals surface area (Å²) in [5, 5.41) is 2.85. The van der Waals surface area contributed by atoms with E-state index >= 15 is 0 Å². The topological polar surface area (TPSA) is 71.1 Å². The monoisotopic (exact) mass is 347 g/mol. The zero-order valence-electron chi connectivity index (χ0n) is 14.9. The Morgan fingerprint density at radius 3 is 2.16 bits per heavy atom. The summed E-state index contributed by atoms with van der Waals surface area (Å²) in [7, 11) is 0. The Labute approximate surface area is 148 Å². The molecule has 0 bridgehead atoms. The standard InChI is InChI=1S/C18H25N3O4/c1-13(2)24-16-7-5-15(6-8-16)19-17(22)20-9-11-21(12-10-20)18(23)25-14(3)4/h5-8,13H,3,9-12H2,1-2,4H3,(H,19,22). The second-order valence-corrected chi connectivity index (χ2v) is 6.17. The van der Waals surface area contributed by atoms with Crippen LogP contribution in [0.25, 0.3) is 0 Å². The molecule has 0 aromatic heterocycles. The summed E-state index contributed by atoms with van der Waals surface area (Å²) in [5.74, 6) is 1.12. The van der Waals surface area contributed by atoms with E-state index in [1.165, 1.54) is 0 Å². The Hall–Kier alpha value is -2.70. The number of ether oxygens (including phenoxy) is 2. The van der Waals surface area contributed by atoms with Crippen LogP contribution >= 0.6 is 0 Å². The molecular weight excluding hydrogens is 322 g/mol. The first-order chi connectivity index (χ1) is 11.8. The van der Waals surface area contributed by atoms with Gasteiger partial charge in [0.1, 0.15) is 5.75 Å². The lowest BCUT2D eigenvalue weighted by Gasteiger charge is -2.34. The van der Waals surface area contributed by atoms with Crippen LogP contribution in [0.2, 0.25) is 0 Å². The highest BCUT2D eigenvalue weighted by Crippen LogP contribution is 2.17. The molecule has 1 aliphatic rings. The fraction of sp³-hybridized carbons (Fsp3) is 0.444. The molecule has 2 rings (SSSR count). The van der Waals surface area contributed by atoms with Gasteiger partial charge in [-0.1, -0.05) is 6.58 Å². The quantitative estimate of drug-likeness (QED) is 0.849. The summed E-state index contributed by atoms with van der Waals surface area (Å²) in [6.45, 7) is 10.9. The molecule has 1 fully saturated rings. The fourth-order valence-electron chi connectivity index (χ4n) is 2.40. The van der Waals surface area contributed by atoms with Crippen LogP contribution in [-0.4, -0.2) is 54.2 Å². The molecule has 1 saturated heterocycles. The van der Waals surface area contributed by atoms with Gasteiger partial charge in [-0.3, -0.25) is 0 Å². The van der Waals surface area contributed by atoms with E-state index in [4.69, 9.17) is 9.47 Å². The molecule has 0 radical (unpaired) electrons. The molecule has 0 aliphatic carbocycles. The highest BCUT2D eigenvalue weighted by molar-refractivity contribution is 5.89. The minimum absolute atomic E-state index is 0.105. The normalized spacial score (nSPS) is 14.2. The van der Waals surface area contributed by atoms with Crippen LogP contribution in [-0.2, 0) is 4.74 Å². The second kappa shape index (κ2) is 8.41. The zero-order chi connectivity index (χ0) is 18.4. The van der Waals surface area contributed by atoms with Gasteiger partial charge in [0.05, 0.1) is 11.9 Å². The van der Waals surface area contributed by atoms with Crippen molar-refractivity contribution in [3.05, 3.63) is 36.6 Å². The van der Waals surface area contributed by atoms with Crippen LogP contribution in [0.5, 0.6) is 5.75 Å². The van der Waals surface area contributed by atoms with Gasteiger partial charge in [0.25, 0.3) is 0 Å². The van der Waals surface area contributed by atoms with Crippen molar-refractivity contribution in [2.75, 3.05) is 31.5 Å². The first-order valence-electron chi connectivity index (χ1n) is 8.30. The third-order valence-corrected chi connectivity index (χ3v) is 3.56. The van der Waals surface area contributed by atoms with Crippen molar-refractivity contribution in [1.82, 2.24) is 9.80 Å². The highest BCUT2D eigenvalue weighted by Gasteiger charge is 2.25. The summed E-state index contributed by atoms with van der Waals surface area (Å²) >= 11 is 0. The number of carbonyl (C=O) groups is 2. The van der Waals surface area contributed by atoms with Crippen LogP contribution in [0.4, 0.5) is 15.3 Å². The lowest BCUT2D eigenvalue weighted by Crippen LogP contribution is -2.51. The molecule has 0 spiro atoms. The molecule has 25 heavy (non-hydrogen) atoms. The van der Waals surface area contributed by atoms with Crippen molar-refractivity contribution in [2.24, 2.45) is 0 Å². The number of nitrogens with one attached hydrogen (secondary N) is 1. The van der Waals surface area contributed by atoms with Crippen molar-refractivity contribution in [1.29, 1.82) is 0 Å². The fourth-order valence-corrected chi connectivity index (χ4v) is 2.40. The lowest BCUT2D eigenvalue weighted by atomic mass is 10.3. The number of anilines is 1. The van der Waals surface area contributed by atoms with Crippen molar-refractivity contribution in [2.45, 2.75) is 26.9 Å². The number of hydrogen-bond donors (Lipinski definition) is 1. The minimum Gasteiger partial charge on any atom is -0.491 e. The number of urea groups is 1.